The van der Waals surface area contributed by atoms with Crippen molar-refractivity contribution in [3.63, 3.8) is 0 Å². The van der Waals surface area contributed by atoms with Gasteiger partial charge in [-0.05, 0) is 30.5 Å². The van der Waals surface area contributed by atoms with Crippen LogP contribution in [-0.4, -0.2) is 12.1 Å². The van der Waals surface area contributed by atoms with Crippen LogP contribution >= 0.6 is 0 Å². The second-order valence-corrected chi connectivity index (χ2v) is 8.12. The van der Waals surface area contributed by atoms with Gasteiger partial charge in [0, 0.05) is 0 Å². The number of carbonyl (C=O) groups is 1. The van der Waals surface area contributed by atoms with E-state index < -0.39 is 12.1 Å². The van der Waals surface area contributed by atoms with Crippen LogP contribution in [0.4, 0.5) is 18.9 Å². The number of hydrogen-bond donors (Lipinski definition) is 2. The number of hydrogen-bond acceptors (Lipinski definition) is 2. The maximum Gasteiger partial charge on any atom is 0.472 e. The number of halogens is 3. The van der Waals surface area contributed by atoms with Crippen molar-refractivity contribution in [1.29, 1.82) is 0 Å². The maximum atomic E-state index is 12.1. The molecule has 1 aromatic rings. The highest BCUT2D eigenvalue weighted by Crippen LogP contribution is 2.16. The molecule has 0 aliphatic heterocycles. The van der Waals surface area contributed by atoms with Crippen molar-refractivity contribution in [2.75, 3.05) is 5.43 Å². The van der Waals surface area contributed by atoms with E-state index in [4.69, 9.17) is 0 Å². The van der Waals surface area contributed by atoms with E-state index in [0.29, 0.717) is 5.69 Å². The molecule has 2 N–H and O–H groups in total. The number of amides is 1. The maximum absolute atomic E-state index is 12.1. The molecule has 0 atom stereocenters. The van der Waals surface area contributed by atoms with Crippen LogP contribution in [0.1, 0.15) is 102 Å². The zero-order chi connectivity index (χ0) is 22.1. The Morgan fingerprint density at radius 3 is 1.60 bits per heavy atom. The van der Waals surface area contributed by atoms with Gasteiger partial charge < -0.3 is 0 Å². The summed E-state index contributed by atoms with van der Waals surface area (Å²) in [4.78, 5) is 10.8. The zero-order valence-electron chi connectivity index (χ0n) is 18.5. The molecular weight excluding hydrogens is 389 g/mol. The molecule has 0 unspecified atom stereocenters. The molecule has 172 valence electrons. The summed E-state index contributed by atoms with van der Waals surface area (Å²) in [5, 5.41) is 0. The first-order valence-electron chi connectivity index (χ1n) is 11.7. The number of rotatable bonds is 17. The number of aryl methyl sites for hydroxylation is 1. The lowest BCUT2D eigenvalue weighted by atomic mass is 10.0. The third kappa shape index (κ3) is 13.5. The van der Waals surface area contributed by atoms with Gasteiger partial charge in [-0.2, -0.15) is 13.2 Å². The van der Waals surface area contributed by atoms with E-state index in [-0.39, 0.29) is 0 Å². The normalized spacial score (nSPS) is 11.5. The highest BCUT2D eigenvalue weighted by atomic mass is 19.4. The molecule has 0 saturated heterocycles. The summed E-state index contributed by atoms with van der Waals surface area (Å²) in [6, 6.07) is 7.11. The van der Waals surface area contributed by atoms with Gasteiger partial charge in [0.25, 0.3) is 0 Å². The predicted octanol–water partition coefficient (Wildman–Crippen LogP) is 7.72. The number of alkyl halides is 3. The standard InChI is InChI=1S/C24H39F3N2O/c1-2-3-4-5-6-7-8-9-10-11-12-13-14-15-16-21-17-19-22(20-18-21)28-29-23(30)24(25,26)27/h17-20,28H,2-16H2,1H3,(H,29,30). The largest absolute Gasteiger partial charge is 0.472 e. The smallest absolute Gasteiger partial charge is 0.298 e. The summed E-state index contributed by atoms with van der Waals surface area (Å²) in [7, 11) is 0. The molecule has 0 aliphatic rings. The molecule has 0 aromatic heterocycles. The summed E-state index contributed by atoms with van der Waals surface area (Å²) in [5.74, 6) is -2.01. The minimum atomic E-state index is -4.89. The van der Waals surface area contributed by atoms with Gasteiger partial charge in [-0.25, -0.2) is 0 Å². The van der Waals surface area contributed by atoms with Gasteiger partial charge in [0.1, 0.15) is 0 Å². The van der Waals surface area contributed by atoms with Crippen molar-refractivity contribution >= 4 is 11.6 Å². The second kappa shape index (κ2) is 16.0. The van der Waals surface area contributed by atoms with Gasteiger partial charge in [-0.3, -0.25) is 15.6 Å². The number of nitrogens with one attached hydrogen (secondary N) is 2. The highest BCUT2D eigenvalue weighted by Gasteiger charge is 2.38. The molecule has 0 aliphatic carbocycles. The van der Waals surface area contributed by atoms with Crippen LogP contribution in [0.15, 0.2) is 24.3 Å². The van der Waals surface area contributed by atoms with Gasteiger partial charge in [0.2, 0.25) is 0 Å². The third-order valence-corrected chi connectivity index (χ3v) is 5.35. The molecule has 0 spiro atoms. The molecule has 3 nitrogen and oxygen atoms in total. The van der Waals surface area contributed by atoms with Gasteiger partial charge in [0.15, 0.2) is 0 Å². The summed E-state index contributed by atoms with van der Waals surface area (Å²) in [6.45, 7) is 2.26. The van der Waals surface area contributed by atoms with E-state index in [1.54, 1.807) is 17.6 Å². The molecule has 1 rings (SSSR count). The fourth-order valence-electron chi connectivity index (χ4n) is 3.48. The molecule has 0 radical (unpaired) electrons. The van der Waals surface area contributed by atoms with Gasteiger partial charge >= 0.3 is 12.1 Å². The van der Waals surface area contributed by atoms with E-state index in [2.05, 4.69) is 12.3 Å². The van der Waals surface area contributed by atoms with Crippen molar-refractivity contribution < 1.29 is 18.0 Å². The van der Waals surface area contributed by atoms with Crippen molar-refractivity contribution in [3.05, 3.63) is 29.8 Å². The second-order valence-electron chi connectivity index (χ2n) is 8.12. The van der Waals surface area contributed by atoms with E-state index in [9.17, 15) is 18.0 Å². The van der Waals surface area contributed by atoms with Gasteiger partial charge in [0.05, 0.1) is 5.69 Å². The third-order valence-electron chi connectivity index (χ3n) is 5.35. The number of carbonyl (C=O) groups excluding carboxylic acids is 1. The molecule has 0 bridgehead atoms. The van der Waals surface area contributed by atoms with Crippen molar-refractivity contribution in [3.8, 4) is 0 Å². The quantitative estimate of drug-likeness (QED) is 0.197. The number of unbranched alkanes of at least 4 members (excludes halogenated alkanes) is 13. The van der Waals surface area contributed by atoms with E-state index in [0.717, 1.165) is 18.4 Å². The van der Waals surface area contributed by atoms with Crippen LogP contribution in [0.2, 0.25) is 0 Å². The van der Waals surface area contributed by atoms with Crippen molar-refractivity contribution in [2.24, 2.45) is 0 Å². The molecule has 6 heteroatoms. The first kappa shape index (κ1) is 26.3. The Morgan fingerprint density at radius 1 is 0.733 bits per heavy atom. The van der Waals surface area contributed by atoms with Crippen LogP contribution in [0.3, 0.4) is 0 Å². The Hall–Kier alpha value is -1.72. The van der Waals surface area contributed by atoms with Crippen LogP contribution in [0, 0.1) is 0 Å². The highest BCUT2D eigenvalue weighted by molar-refractivity contribution is 5.82. The van der Waals surface area contributed by atoms with Crippen LogP contribution in [0.5, 0.6) is 0 Å². The van der Waals surface area contributed by atoms with Crippen molar-refractivity contribution in [2.45, 2.75) is 109 Å². The van der Waals surface area contributed by atoms with E-state index in [1.807, 2.05) is 12.1 Å². The van der Waals surface area contributed by atoms with E-state index >= 15 is 0 Å². The summed E-state index contributed by atoms with van der Waals surface area (Å²) in [5.41, 5.74) is 5.50. The Balaban J connectivity index is 1.96. The first-order valence-corrected chi connectivity index (χ1v) is 11.7. The van der Waals surface area contributed by atoms with Crippen LogP contribution in [0.25, 0.3) is 0 Å². The van der Waals surface area contributed by atoms with Crippen molar-refractivity contribution in [1.82, 2.24) is 5.43 Å². The van der Waals surface area contributed by atoms with Gasteiger partial charge in [-0.1, -0.05) is 103 Å². The molecule has 0 saturated carbocycles. The Labute approximate surface area is 180 Å². The Bertz CT molecular complexity index is 559. The SMILES string of the molecule is CCCCCCCCCCCCCCCCc1ccc(NNC(=O)C(F)(F)F)cc1. The fraction of sp³-hybridized carbons (Fsp3) is 0.708. The Morgan fingerprint density at radius 2 is 1.17 bits per heavy atom. The predicted molar refractivity (Wildman–Crippen MR) is 118 cm³/mol. The lowest BCUT2D eigenvalue weighted by Crippen LogP contribution is -2.40. The van der Waals surface area contributed by atoms with Crippen LogP contribution in [-0.2, 0) is 11.2 Å². The van der Waals surface area contributed by atoms with E-state index in [1.165, 1.54) is 83.5 Å². The summed E-state index contributed by atoms with van der Waals surface area (Å²) < 4.78 is 36.4. The molecule has 1 aromatic carbocycles. The molecule has 1 amide bonds. The molecule has 0 heterocycles. The minimum Gasteiger partial charge on any atom is -0.298 e. The summed E-state index contributed by atoms with van der Waals surface area (Å²) in [6.07, 6.45) is 14.7. The summed E-state index contributed by atoms with van der Waals surface area (Å²) >= 11 is 0. The topological polar surface area (TPSA) is 41.1 Å². The zero-order valence-corrected chi connectivity index (χ0v) is 18.5. The fourth-order valence-corrected chi connectivity index (χ4v) is 3.48. The lowest BCUT2D eigenvalue weighted by Gasteiger charge is -2.10. The minimum absolute atomic E-state index is 0.428. The monoisotopic (exact) mass is 428 g/mol. The number of hydrazine groups is 1. The molecule has 0 fully saturated rings. The average Bonchev–Trinajstić information content (AvgIpc) is 2.72. The van der Waals surface area contributed by atoms with Gasteiger partial charge in [-0.15, -0.1) is 0 Å². The van der Waals surface area contributed by atoms with Crippen LogP contribution < -0.4 is 10.9 Å². The number of anilines is 1. The lowest BCUT2D eigenvalue weighted by molar-refractivity contribution is -0.173. The molecule has 30 heavy (non-hydrogen) atoms. The molecular formula is C24H39F3N2O. The average molecular weight is 429 g/mol. The Kier molecular flexibility index (Phi) is 14.1. The first-order chi connectivity index (χ1) is 14.4. The number of benzene rings is 1.